The second-order valence-corrected chi connectivity index (χ2v) is 17.3. The van der Waals surface area contributed by atoms with Crippen molar-refractivity contribution in [3.8, 4) is 0 Å². The number of Topliss-reactive ketones (excluding diaryl/α,β-unsaturated/α-hetero) is 1. The molecule has 0 aliphatic carbocycles. The first kappa shape index (κ1) is 37.2. The normalized spacial score (nSPS) is 17.9. The smallest absolute Gasteiger partial charge is 0.294 e. The number of allylic oxidation sites excluding steroid dienone is 6. The van der Waals surface area contributed by atoms with Crippen LogP contribution in [0.25, 0.3) is 0 Å². The van der Waals surface area contributed by atoms with Gasteiger partial charge in [-0.1, -0.05) is 56.7 Å². The zero-order valence-electron chi connectivity index (χ0n) is 29.0. The number of carbonyl (C=O) groups is 1. The number of carbonyl (C=O) groups excluding carboxylic acids is 1. The van der Waals surface area contributed by atoms with Gasteiger partial charge in [0.1, 0.15) is 12.8 Å². The van der Waals surface area contributed by atoms with E-state index in [9.17, 15) is 26.2 Å². The second kappa shape index (κ2) is 14.5. The van der Waals surface area contributed by atoms with Gasteiger partial charge in [0.05, 0.1) is 16.1 Å². The highest BCUT2D eigenvalue weighted by Crippen LogP contribution is 2.48. The van der Waals surface area contributed by atoms with Gasteiger partial charge in [0.25, 0.3) is 10.1 Å². The Bertz CT molecular complexity index is 1930. The van der Waals surface area contributed by atoms with Crippen LogP contribution in [0.4, 0.5) is 11.4 Å². The molecule has 258 valence electrons. The van der Waals surface area contributed by atoms with E-state index in [4.69, 9.17) is 0 Å². The first-order valence-corrected chi connectivity index (χ1v) is 19.6. The third kappa shape index (κ3) is 8.15. The SMILES string of the molecule is C=CS(=O)(=O)CCCC(=O)CCCCCN1/C(=C/C=C/C=C/C2=[N+](C)c3ccc(C)cc3C2(C)C)C(C)(C)c2cc(S(=O)(=O)O)ccc21. The number of nitrogens with zero attached hydrogens (tertiary/aromatic N) is 2. The van der Waals surface area contributed by atoms with Gasteiger partial charge in [0, 0.05) is 59.3 Å². The summed E-state index contributed by atoms with van der Waals surface area (Å²) >= 11 is 0. The van der Waals surface area contributed by atoms with E-state index in [2.05, 4.69) is 74.2 Å². The molecule has 2 aromatic carbocycles. The summed E-state index contributed by atoms with van der Waals surface area (Å²) in [6.07, 6.45) is 13.5. The minimum atomic E-state index is -4.37. The zero-order valence-corrected chi connectivity index (χ0v) is 30.6. The molecule has 0 atom stereocenters. The number of unbranched alkanes of at least 4 members (excludes halogenated alkanes) is 2. The molecule has 2 heterocycles. The second-order valence-electron chi connectivity index (χ2n) is 13.8. The summed E-state index contributed by atoms with van der Waals surface area (Å²) in [6, 6.07) is 11.3. The third-order valence-corrected chi connectivity index (χ3v) is 11.8. The first-order valence-electron chi connectivity index (χ1n) is 16.4. The molecule has 10 heteroatoms. The van der Waals surface area contributed by atoms with Crippen molar-refractivity contribution >= 4 is 42.8 Å². The molecule has 0 saturated heterocycles. The fourth-order valence-corrected chi connectivity index (χ4v) is 8.03. The molecule has 0 radical (unpaired) electrons. The highest BCUT2D eigenvalue weighted by atomic mass is 32.2. The summed E-state index contributed by atoms with van der Waals surface area (Å²) in [5, 5.41) is 0.933. The Morgan fingerprint density at radius 1 is 0.896 bits per heavy atom. The predicted molar refractivity (Wildman–Crippen MR) is 195 cm³/mol. The van der Waals surface area contributed by atoms with Crippen molar-refractivity contribution in [2.75, 3.05) is 24.2 Å². The summed E-state index contributed by atoms with van der Waals surface area (Å²) in [5.41, 5.74) is 7.00. The van der Waals surface area contributed by atoms with E-state index >= 15 is 0 Å². The molecule has 1 N–H and O–H groups in total. The maximum atomic E-state index is 12.3. The Hall–Kier alpha value is -3.60. The lowest BCUT2D eigenvalue weighted by Crippen LogP contribution is -2.27. The van der Waals surface area contributed by atoms with Crippen LogP contribution in [0.3, 0.4) is 0 Å². The van der Waals surface area contributed by atoms with Gasteiger partial charge >= 0.3 is 0 Å². The van der Waals surface area contributed by atoms with Crippen molar-refractivity contribution in [2.24, 2.45) is 0 Å². The van der Waals surface area contributed by atoms with Crippen LogP contribution in [0.5, 0.6) is 0 Å². The van der Waals surface area contributed by atoms with Crippen molar-refractivity contribution in [3.05, 3.63) is 101 Å². The van der Waals surface area contributed by atoms with Crippen LogP contribution in [0.2, 0.25) is 0 Å². The van der Waals surface area contributed by atoms with Crippen LogP contribution in [0, 0.1) is 6.92 Å². The fourth-order valence-electron chi connectivity index (χ4n) is 6.81. The molecule has 0 bridgehead atoms. The lowest BCUT2D eigenvalue weighted by atomic mass is 9.81. The number of fused-ring (bicyclic) bond motifs is 2. The first-order chi connectivity index (χ1) is 22.4. The van der Waals surface area contributed by atoms with Gasteiger partial charge in [0.2, 0.25) is 5.69 Å². The number of benzene rings is 2. The number of sulfone groups is 1. The summed E-state index contributed by atoms with van der Waals surface area (Å²) in [6.45, 7) is 14.7. The molecular formula is C38H49N2O6S2+. The van der Waals surface area contributed by atoms with Crippen molar-refractivity contribution < 1.29 is 30.8 Å². The van der Waals surface area contributed by atoms with Gasteiger partial charge < -0.3 is 4.90 Å². The van der Waals surface area contributed by atoms with Gasteiger partial charge in [-0.3, -0.25) is 9.35 Å². The molecule has 0 amide bonds. The van der Waals surface area contributed by atoms with Gasteiger partial charge in [0.15, 0.2) is 15.5 Å². The summed E-state index contributed by atoms with van der Waals surface area (Å²) in [7, 11) is -5.56. The molecule has 48 heavy (non-hydrogen) atoms. The highest BCUT2D eigenvalue weighted by molar-refractivity contribution is 7.94. The van der Waals surface area contributed by atoms with Gasteiger partial charge in [-0.25, -0.2) is 8.42 Å². The van der Waals surface area contributed by atoms with Gasteiger partial charge in [-0.2, -0.15) is 13.0 Å². The van der Waals surface area contributed by atoms with Gasteiger partial charge in [-0.15, -0.1) is 0 Å². The summed E-state index contributed by atoms with van der Waals surface area (Å²) in [5.74, 6) is -0.00390. The molecule has 0 saturated carbocycles. The Morgan fingerprint density at radius 2 is 1.60 bits per heavy atom. The van der Waals surface area contributed by atoms with E-state index in [1.165, 1.54) is 28.6 Å². The third-order valence-electron chi connectivity index (χ3n) is 9.56. The topological polar surface area (TPSA) is 112 Å². The van der Waals surface area contributed by atoms with Crippen LogP contribution < -0.4 is 4.90 Å². The van der Waals surface area contributed by atoms with Crippen molar-refractivity contribution in [3.63, 3.8) is 0 Å². The molecule has 4 rings (SSSR count). The Labute approximate surface area is 286 Å². The van der Waals surface area contributed by atoms with E-state index in [0.717, 1.165) is 35.2 Å². The van der Waals surface area contributed by atoms with E-state index in [1.807, 2.05) is 32.1 Å². The van der Waals surface area contributed by atoms with E-state index in [0.29, 0.717) is 25.8 Å². The molecular weight excluding hydrogens is 645 g/mol. The Balaban J connectivity index is 1.48. The molecule has 0 fully saturated rings. The molecule has 2 aliphatic heterocycles. The van der Waals surface area contributed by atoms with Crippen molar-refractivity contribution in [1.82, 2.24) is 0 Å². The zero-order chi connectivity index (χ0) is 35.5. The van der Waals surface area contributed by atoms with Crippen molar-refractivity contribution in [1.29, 1.82) is 0 Å². The van der Waals surface area contributed by atoms with Crippen LogP contribution in [-0.2, 0) is 35.6 Å². The Morgan fingerprint density at radius 3 is 2.29 bits per heavy atom. The number of aryl methyl sites for hydroxylation is 1. The van der Waals surface area contributed by atoms with Crippen molar-refractivity contribution in [2.45, 2.75) is 88.9 Å². The molecule has 0 unspecified atom stereocenters. The lowest BCUT2D eigenvalue weighted by molar-refractivity contribution is -0.401. The summed E-state index contributed by atoms with van der Waals surface area (Å²) < 4.78 is 59.1. The average Bonchev–Trinajstić information content (AvgIpc) is 3.33. The fraction of sp³-hybridized carbons (Fsp3) is 0.421. The molecule has 0 aromatic heterocycles. The van der Waals surface area contributed by atoms with Crippen LogP contribution in [-0.4, -0.2) is 56.8 Å². The number of ketones is 1. The van der Waals surface area contributed by atoms with E-state index < -0.39 is 25.4 Å². The Kier molecular flexibility index (Phi) is 11.2. The van der Waals surface area contributed by atoms with Crippen LogP contribution >= 0.6 is 0 Å². The number of anilines is 1. The van der Waals surface area contributed by atoms with E-state index in [-0.39, 0.29) is 28.3 Å². The monoisotopic (exact) mass is 693 g/mol. The van der Waals surface area contributed by atoms with E-state index in [1.54, 1.807) is 12.1 Å². The molecule has 2 aliphatic rings. The minimum Gasteiger partial charge on any atom is -0.344 e. The maximum absolute atomic E-state index is 12.3. The number of hydrogen-bond acceptors (Lipinski definition) is 6. The molecule has 2 aromatic rings. The minimum absolute atomic E-state index is 0.0581. The number of rotatable bonds is 15. The van der Waals surface area contributed by atoms with Crippen LogP contribution in [0.1, 0.15) is 82.9 Å². The maximum Gasteiger partial charge on any atom is 0.294 e. The lowest BCUT2D eigenvalue weighted by Gasteiger charge is -2.27. The quantitative estimate of drug-likeness (QED) is 0.0890. The largest absolute Gasteiger partial charge is 0.344 e. The summed E-state index contributed by atoms with van der Waals surface area (Å²) in [4.78, 5) is 14.4. The highest BCUT2D eigenvalue weighted by Gasteiger charge is 2.43. The standard InChI is InChI=1S/C38H48N2O6S2/c1-8-47(42,43)25-15-17-29(41)16-11-10-14-24-40-34-23-21-30(48(44,45)46)27-32(34)38(5,6)36(40)19-13-9-12-18-35-37(3,4)31-26-28(2)20-22-33(31)39(35)7/h8-9,12-13,18-23,26-27H,1,10-11,14-17,24-25H2,2-7H3/p+1. The predicted octanol–water partition coefficient (Wildman–Crippen LogP) is 7.51. The molecule has 8 nitrogen and oxygen atoms in total. The number of hydrogen-bond donors (Lipinski definition) is 1. The molecule has 0 spiro atoms. The van der Waals surface area contributed by atoms with Crippen LogP contribution in [0.15, 0.2) is 89.4 Å². The average molecular weight is 694 g/mol. The van der Waals surface area contributed by atoms with Gasteiger partial charge in [-0.05, 0) is 75.9 Å².